The molecule has 10 nitrogen and oxygen atoms in total. The van der Waals surface area contributed by atoms with Gasteiger partial charge in [0.2, 0.25) is 0 Å². The van der Waals surface area contributed by atoms with Crippen LogP contribution in [0.3, 0.4) is 0 Å². The van der Waals surface area contributed by atoms with Gasteiger partial charge in [0.1, 0.15) is 0 Å². The summed E-state index contributed by atoms with van der Waals surface area (Å²) < 4.78 is 26.6. The molecule has 4 atom stereocenters. The molecule has 0 aromatic rings. The second-order valence-electron chi connectivity index (χ2n) is 5.84. The number of ether oxygens (including phenoxy) is 5. The smallest absolute Gasteiger partial charge is 0.310 e. The summed E-state index contributed by atoms with van der Waals surface area (Å²) in [5.74, 6) is -5.32. The molecule has 0 saturated carbocycles. The number of hydrogen-bond donors (Lipinski definition) is 4. The fourth-order valence-corrected chi connectivity index (χ4v) is 3.10. The Balaban J connectivity index is 2.01. The van der Waals surface area contributed by atoms with E-state index in [2.05, 4.69) is 0 Å². The van der Waals surface area contributed by atoms with Crippen molar-refractivity contribution < 1.29 is 48.9 Å². The number of rotatable bonds is 14. The minimum Gasteiger partial charge on any atom is -0.481 e. The predicted octanol–water partition coefficient (Wildman–Crippen LogP) is -1.66. The van der Waals surface area contributed by atoms with Crippen LogP contribution in [0.15, 0.2) is 12.2 Å². The van der Waals surface area contributed by atoms with Gasteiger partial charge in [-0.3, -0.25) is 4.79 Å². The first kappa shape index (κ1) is 21.2. The molecule has 2 rings (SSSR count). The lowest BCUT2D eigenvalue weighted by atomic mass is 9.81. The number of aliphatic carboxylic acids is 1. The highest BCUT2D eigenvalue weighted by Crippen LogP contribution is 2.45. The molecule has 150 valence electrons. The third-order valence-electron chi connectivity index (χ3n) is 4.15. The Morgan fingerprint density at radius 1 is 0.923 bits per heavy atom. The van der Waals surface area contributed by atoms with E-state index in [1.165, 1.54) is 0 Å². The number of aliphatic hydroxyl groups is 3. The lowest BCUT2D eigenvalue weighted by Gasteiger charge is -2.37. The van der Waals surface area contributed by atoms with Gasteiger partial charge in [-0.2, -0.15) is 0 Å². The highest BCUT2D eigenvalue weighted by atomic mass is 16.8. The predicted molar refractivity (Wildman–Crippen MR) is 85.1 cm³/mol. The van der Waals surface area contributed by atoms with Crippen molar-refractivity contribution in [3.05, 3.63) is 12.2 Å². The van der Waals surface area contributed by atoms with E-state index >= 15 is 0 Å². The Hall–Kier alpha value is -1.11. The van der Waals surface area contributed by atoms with E-state index in [1.54, 1.807) is 12.2 Å². The molecule has 2 heterocycles. The fraction of sp³-hybridized carbons (Fsp3) is 0.812. The molecule has 26 heavy (non-hydrogen) atoms. The van der Waals surface area contributed by atoms with Gasteiger partial charge in [0.25, 0.3) is 5.97 Å². The molecule has 10 heteroatoms. The topological polar surface area (TPSA) is 144 Å². The van der Waals surface area contributed by atoms with Crippen molar-refractivity contribution in [1.29, 1.82) is 0 Å². The van der Waals surface area contributed by atoms with Crippen molar-refractivity contribution in [1.82, 2.24) is 0 Å². The lowest BCUT2D eigenvalue weighted by Crippen LogP contribution is -2.53. The van der Waals surface area contributed by atoms with E-state index in [1.807, 2.05) is 0 Å². The summed E-state index contributed by atoms with van der Waals surface area (Å²) in [5.41, 5.74) is 0. The Kier molecular flexibility index (Phi) is 8.38. The highest BCUT2D eigenvalue weighted by molar-refractivity contribution is 5.73. The quantitative estimate of drug-likeness (QED) is 0.157. The summed E-state index contributed by atoms with van der Waals surface area (Å²) in [7, 11) is 0. The molecule has 0 amide bonds. The van der Waals surface area contributed by atoms with E-state index in [9.17, 15) is 15.0 Å². The van der Waals surface area contributed by atoms with Gasteiger partial charge in [-0.15, -0.1) is 0 Å². The summed E-state index contributed by atoms with van der Waals surface area (Å²) in [6.45, 7) is -0.0181. The zero-order valence-electron chi connectivity index (χ0n) is 14.4. The van der Waals surface area contributed by atoms with Crippen molar-refractivity contribution in [2.75, 3.05) is 52.9 Å². The van der Waals surface area contributed by atoms with Crippen LogP contribution in [0.25, 0.3) is 0 Å². The molecule has 4 N–H and O–H groups in total. The van der Waals surface area contributed by atoms with Crippen LogP contribution in [0.4, 0.5) is 0 Å². The Morgan fingerprint density at radius 2 is 1.46 bits per heavy atom. The zero-order valence-corrected chi connectivity index (χ0v) is 14.4. The van der Waals surface area contributed by atoms with Crippen molar-refractivity contribution in [3.63, 3.8) is 0 Å². The van der Waals surface area contributed by atoms with Crippen LogP contribution >= 0.6 is 0 Å². The van der Waals surface area contributed by atoms with Gasteiger partial charge in [0, 0.05) is 0 Å². The van der Waals surface area contributed by atoms with Crippen LogP contribution in [0.1, 0.15) is 0 Å². The van der Waals surface area contributed by atoms with Crippen molar-refractivity contribution in [2.24, 2.45) is 11.8 Å². The van der Waals surface area contributed by atoms with Crippen LogP contribution in [0, 0.1) is 11.8 Å². The van der Waals surface area contributed by atoms with E-state index in [0.29, 0.717) is 0 Å². The number of carbonyl (C=O) groups is 1. The average molecular weight is 378 g/mol. The number of carboxylic acids is 1. The summed E-state index contributed by atoms with van der Waals surface area (Å²) in [6.07, 6.45) is 2.02. The first-order valence-electron chi connectivity index (χ1n) is 8.47. The van der Waals surface area contributed by atoms with Crippen LogP contribution < -0.4 is 0 Å². The number of aliphatic hydroxyl groups excluding tert-OH is 2. The molecule has 0 spiro atoms. The summed E-state index contributed by atoms with van der Waals surface area (Å²) >= 11 is 0. The highest BCUT2D eigenvalue weighted by Gasteiger charge is 2.60. The molecule has 2 aliphatic rings. The average Bonchev–Trinajstić information content (AvgIpc) is 3.23. The van der Waals surface area contributed by atoms with Crippen molar-refractivity contribution in [3.8, 4) is 0 Å². The van der Waals surface area contributed by atoms with E-state index < -0.39 is 36.0 Å². The van der Waals surface area contributed by atoms with Crippen LogP contribution in [0.2, 0.25) is 0 Å². The minimum absolute atomic E-state index is 0.0715. The molecule has 0 radical (unpaired) electrons. The Morgan fingerprint density at radius 3 is 1.96 bits per heavy atom. The second-order valence-corrected chi connectivity index (χ2v) is 5.84. The first-order chi connectivity index (χ1) is 12.5. The van der Waals surface area contributed by atoms with Gasteiger partial charge in [-0.25, -0.2) is 0 Å². The first-order valence-corrected chi connectivity index (χ1v) is 8.47. The van der Waals surface area contributed by atoms with Gasteiger partial charge in [-0.05, 0) is 0 Å². The van der Waals surface area contributed by atoms with Gasteiger partial charge < -0.3 is 44.1 Å². The van der Waals surface area contributed by atoms with Gasteiger partial charge in [0.15, 0.2) is 0 Å². The normalized spacial score (nSPS) is 27.3. The van der Waals surface area contributed by atoms with E-state index in [4.69, 9.17) is 33.9 Å². The maximum Gasteiger partial charge on any atom is 0.310 e. The third kappa shape index (κ3) is 5.21. The number of hydrogen-bond acceptors (Lipinski definition) is 9. The van der Waals surface area contributed by atoms with Crippen LogP contribution in [0.5, 0.6) is 0 Å². The van der Waals surface area contributed by atoms with Crippen molar-refractivity contribution >= 4 is 5.97 Å². The minimum atomic E-state index is -2.21. The van der Waals surface area contributed by atoms with Gasteiger partial charge in [-0.1, -0.05) is 12.2 Å². The van der Waals surface area contributed by atoms with Gasteiger partial charge >= 0.3 is 5.97 Å². The maximum absolute atomic E-state index is 11.6. The molecule has 1 fully saturated rings. The molecule has 2 aliphatic heterocycles. The second kappa shape index (κ2) is 10.3. The monoisotopic (exact) mass is 378 g/mol. The summed E-state index contributed by atoms with van der Waals surface area (Å²) in [6, 6.07) is 0. The van der Waals surface area contributed by atoms with Gasteiger partial charge in [0.05, 0.1) is 76.9 Å². The summed E-state index contributed by atoms with van der Waals surface area (Å²) in [5, 5.41) is 37.8. The molecule has 0 aliphatic carbocycles. The Bertz CT molecular complexity index is 454. The largest absolute Gasteiger partial charge is 0.481 e. The number of carboxylic acid groups (broad SMARTS) is 1. The fourth-order valence-electron chi connectivity index (χ4n) is 3.10. The molecule has 0 aromatic heterocycles. The van der Waals surface area contributed by atoms with Crippen molar-refractivity contribution in [2.45, 2.75) is 18.2 Å². The zero-order chi connectivity index (χ0) is 19.0. The molecule has 4 unspecified atom stereocenters. The maximum atomic E-state index is 11.6. The lowest BCUT2D eigenvalue weighted by molar-refractivity contribution is -0.395. The van der Waals surface area contributed by atoms with E-state index in [-0.39, 0.29) is 52.9 Å². The third-order valence-corrected chi connectivity index (χ3v) is 4.15. The van der Waals surface area contributed by atoms with Crippen LogP contribution in [-0.2, 0) is 28.5 Å². The molecule has 0 aromatic carbocycles. The SMILES string of the molecule is O=C(O)C1C2C=CC(O2)C1C(O)(OCCOCCO)OCCOCCO. The molecular formula is C16H26O10. The molecular weight excluding hydrogens is 352 g/mol. The van der Waals surface area contributed by atoms with Crippen LogP contribution in [-0.4, -0.2) is 97.4 Å². The summed E-state index contributed by atoms with van der Waals surface area (Å²) in [4.78, 5) is 11.6. The Labute approximate surface area is 150 Å². The molecule has 2 bridgehead atoms. The standard InChI is InChI=1S/C16H26O10/c17-3-5-22-7-9-24-16(21,25-10-8-23-6-4-18)14-12-2-1-11(26-12)13(14)15(19)20/h1-2,11-14,17-18,21H,3-10H2,(H,19,20). The number of fused-ring (bicyclic) bond motifs is 2. The van der Waals surface area contributed by atoms with E-state index in [0.717, 1.165) is 0 Å². The molecule has 1 saturated heterocycles.